The Kier molecular flexibility index (Phi) is 7.95. The molecule has 3 aromatic carbocycles. The number of carbonyl (C=O) groups excluding carboxylic acids is 4. The lowest BCUT2D eigenvalue weighted by Gasteiger charge is -2.47. The summed E-state index contributed by atoms with van der Waals surface area (Å²) in [4.78, 5) is 59.2. The number of phenolic OH excluding ortho intramolecular Hbond substituents is 1. The molecule has 2 aliphatic carbocycles. The standard InChI is InChI=1S/C37H35BN2O9/c1-37-27(15-12-20-16-29(48-2)32(41)30(17-20)49-3)24-13-14-25-31(35(44)39(33(25)42)23-11-7-8-21(18-23)38(46)47)26(24)19-28(37)34(43)40(36(37)45)22-9-5-4-6-10-22/h4-13,15-18,25-28,31,41,46-47H,14,19H2,1-3H3. The fourth-order valence-electron chi connectivity index (χ4n) is 8.34. The Balaban J connectivity index is 1.33. The number of amides is 4. The number of benzene rings is 3. The Morgan fingerprint density at radius 2 is 1.51 bits per heavy atom. The summed E-state index contributed by atoms with van der Waals surface area (Å²) in [5, 5.41) is 30.0. The van der Waals surface area contributed by atoms with Crippen LogP contribution < -0.4 is 24.7 Å². The van der Waals surface area contributed by atoms with Crippen molar-refractivity contribution in [3.63, 3.8) is 0 Å². The maximum atomic E-state index is 14.5. The molecule has 4 amide bonds. The number of nitrogens with zero attached hydrogens (tertiary/aromatic N) is 2. The molecule has 49 heavy (non-hydrogen) atoms. The summed E-state index contributed by atoms with van der Waals surface area (Å²) in [5.41, 5.74) is 1.07. The van der Waals surface area contributed by atoms with Gasteiger partial charge in [-0.15, -0.1) is 0 Å². The van der Waals surface area contributed by atoms with Crippen molar-refractivity contribution >= 4 is 53.7 Å². The van der Waals surface area contributed by atoms with E-state index in [1.165, 1.54) is 31.3 Å². The number of hydrogen-bond donors (Lipinski definition) is 3. The first-order valence-corrected chi connectivity index (χ1v) is 16.1. The minimum Gasteiger partial charge on any atom is -0.502 e. The number of carbonyl (C=O) groups is 4. The lowest BCUT2D eigenvalue weighted by molar-refractivity contribution is -0.132. The van der Waals surface area contributed by atoms with Gasteiger partial charge in [-0.2, -0.15) is 0 Å². The molecule has 3 aromatic rings. The summed E-state index contributed by atoms with van der Waals surface area (Å²) < 4.78 is 10.7. The lowest BCUT2D eigenvalue weighted by atomic mass is 9.52. The molecule has 3 N–H and O–H groups in total. The highest BCUT2D eigenvalue weighted by Gasteiger charge is 2.67. The van der Waals surface area contributed by atoms with E-state index in [0.717, 1.165) is 10.5 Å². The van der Waals surface area contributed by atoms with Gasteiger partial charge in [0.1, 0.15) is 0 Å². The van der Waals surface area contributed by atoms with Crippen molar-refractivity contribution in [2.75, 3.05) is 24.0 Å². The number of ether oxygens (including phenoxy) is 2. The van der Waals surface area contributed by atoms with Gasteiger partial charge in [-0.05, 0) is 73.1 Å². The minimum absolute atomic E-state index is 0.143. The number of anilines is 2. The first-order chi connectivity index (χ1) is 23.5. The van der Waals surface area contributed by atoms with E-state index in [-0.39, 0.29) is 53.1 Å². The summed E-state index contributed by atoms with van der Waals surface area (Å²) in [6.45, 7) is 1.80. The van der Waals surface area contributed by atoms with Gasteiger partial charge >= 0.3 is 7.12 Å². The van der Waals surface area contributed by atoms with E-state index in [9.17, 15) is 34.3 Å². The molecule has 6 atom stereocenters. The second-order valence-electron chi connectivity index (χ2n) is 13.2. The molecular formula is C37H35BN2O9. The fourth-order valence-corrected chi connectivity index (χ4v) is 8.34. The fraction of sp³-hybridized carbons (Fsp3) is 0.297. The van der Waals surface area contributed by atoms with Gasteiger partial charge in [-0.1, -0.05) is 54.1 Å². The van der Waals surface area contributed by atoms with E-state index in [0.29, 0.717) is 11.3 Å². The van der Waals surface area contributed by atoms with Gasteiger partial charge < -0.3 is 24.6 Å². The quantitative estimate of drug-likeness (QED) is 0.197. The van der Waals surface area contributed by atoms with Gasteiger partial charge in [0.2, 0.25) is 29.4 Å². The molecule has 2 heterocycles. The highest BCUT2D eigenvalue weighted by Crippen LogP contribution is 2.61. The number of imide groups is 2. The summed E-state index contributed by atoms with van der Waals surface area (Å²) in [6.07, 6.45) is 6.06. The second-order valence-corrected chi connectivity index (χ2v) is 13.2. The number of hydrogen-bond acceptors (Lipinski definition) is 9. The number of phenols is 1. The van der Waals surface area contributed by atoms with E-state index in [4.69, 9.17) is 9.47 Å². The predicted octanol–water partition coefficient (Wildman–Crippen LogP) is 3.07. The molecule has 6 unspecified atom stereocenters. The number of allylic oxidation sites excluding steroid dienone is 3. The van der Waals surface area contributed by atoms with E-state index < -0.39 is 53.9 Å². The SMILES string of the molecule is COc1cc(C=CC2C3=CCC4C(=O)N(c5cccc(B(O)O)c5)C(=O)C4C3CC3C(=O)N(c4ccccc4)C(=O)C23C)cc(OC)c1O. The van der Waals surface area contributed by atoms with Crippen molar-refractivity contribution in [3.05, 3.63) is 90.0 Å². The highest BCUT2D eigenvalue weighted by atomic mass is 16.5. The predicted molar refractivity (Wildman–Crippen MR) is 181 cm³/mol. The Bertz CT molecular complexity index is 1920. The van der Waals surface area contributed by atoms with Gasteiger partial charge in [-0.3, -0.25) is 24.1 Å². The lowest BCUT2D eigenvalue weighted by Crippen LogP contribution is -2.49. The van der Waals surface area contributed by atoms with Crippen molar-refractivity contribution in [1.29, 1.82) is 0 Å². The molecule has 250 valence electrons. The summed E-state index contributed by atoms with van der Waals surface area (Å²) in [5.74, 6) is -4.68. The van der Waals surface area contributed by atoms with Crippen LogP contribution in [0.25, 0.3) is 6.08 Å². The number of methoxy groups -OCH3 is 2. The molecule has 0 bridgehead atoms. The van der Waals surface area contributed by atoms with Gasteiger partial charge in [0.05, 0.1) is 48.8 Å². The summed E-state index contributed by atoms with van der Waals surface area (Å²) in [6, 6.07) is 18.1. The third-order valence-corrected chi connectivity index (χ3v) is 10.8. The number of para-hydroxylation sites is 1. The average molecular weight is 663 g/mol. The van der Waals surface area contributed by atoms with E-state index in [1.54, 1.807) is 67.6 Å². The zero-order valence-electron chi connectivity index (χ0n) is 27.1. The van der Waals surface area contributed by atoms with E-state index in [2.05, 4.69) is 0 Å². The van der Waals surface area contributed by atoms with Crippen molar-refractivity contribution in [1.82, 2.24) is 0 Å². The van der Waals surface area contributed by atoms with Crippen molar-refractivity contribution in [2.24, 2.45) is 35.0 Å². The molecule has 4 aliphatic rings. The number of fused-ring (bicyclic) bond motifs is 4. The molecule has 11 nitrogen and oxygen atoms in total. The van der Waals surface area contributed by atoms with Crippen LogP contribution in [-0.2, 0) is 19.2 Å². The van der Waals surface area contributed by atoms with E-state index in [1.807, 2.05) is 12.2 Å². The zero-order valence-corrected chi connectivity index (χ0v) is 27.1. The molecule has 0 radical (unpaired) electrons. The molecule has 2 aliphatic heterocycles. The van der Waals surface area contributed by atoms with Crippen LogP contribution in [0.4, 0.5) is 11.4 Å². The molecule has 2 saturated heterocycles. The maximum absolute atomic E-state index is 14.5. The van der Waals surface area contributed by atoms with Crippen LogP contribution in [0.15, 0.2) is 84.5 Å². The molecule has 3 fully saturated rings. The van der Waals surface area contributed by atoms with Gasteiger partial charge in [0.15, 0.2) is 11.5 Å². The molecule has 1 saturated carbocycles. The van der Waals surface area contributed by atoms with Crippen LogP contribution in [0.3, 0.4) is 0 Å². The Labute approximate surface area is 283 Å². The van der Waals surface area contributed by atoms with Crippen LogP contribution in [0, 0.1) is 35.0 Å². The number of rotatable bonds is 7. The van der Waals surface area contributed by atoms with Crippen molar-refractivity contribution in [2.45, 2.75) is 19.8 Å². The first kappa shape index (κ1) is 32.4. The second kappa shape index (κ2) is 12.0. The third kappa shape index (κ3) is 4.88. The number of aromatic hydroxyl groups is 1. The summed E-state index contributed by atoms with van der Waals surface area (Å²) in [7, 11) is 1.07. The van der Waals surface area contributed by atoms with Gasteiger partial charge in [-0.25, -0.2) is 4.90 Å². The molecular weight excluding hydrogens is 627 g/mol. The molecule has 7 rings (SSSR count). The smallest absolute Gasteiger partial charge is 0.488 e. The molecule has 12 heteroatoms. The van der Waals surface area contributed by atoms with Crippen LogP contribution in [0.1, 0.15) is 25.3 Å². The minimum atomic E-state index is -1.78. The Morgan fingerprint density at radius 3 is 2.16 bits per heavy atom. The van der Waals surface area contributed by atoms with Crippen LogP contribution in [0.5, 0.6) is 17.2 Å². The monoisotopic (exact) mass is 662 g/mol. The first-order valence-electron chi connectivity index (χ1n) is 16.1. The van der Waals surface area contributed by atoms with Crippen LogP contribution in [0.2, 0.25) is 0 Å². The molecule has 0 aromatic heterocycles. The third-order valence-electron chi connectivity index (χ3n) is 10.8. The maximum Gasteiger partial charge on any atom is 0.488 e. The highest BCUT2D eigenvalue weighted by molar-refractivity contribution is 6.58. The van der Waals surface area contributed by atoms with Crippen molar-refractivity contribution in [3.8, 4) is 17.2 Å². The van der Waals surface area contributed by atoms with Gasteiger partial charge in [0, 0.05) is 5.92 Å². The van der Waals surface area contributed by atoms with Gasteiger partial charge in [0.25, 0.3) is 0 Å². The molecule has 0 spiro atoms. The van der Waals surface area contributed by atoms with E-state index >= 15 is 0 Å². The summed E-state index contributed by atoms with van der Waals surface area (Å²) >= 11 is 0. The van der Waals surface area contributed by atoms with Crippen LogP contribution >= 0.6 is 0 Å². The topological polar surface area (TPSA) is 154 Å². The van der Waals surface area contributed by atoms with Crippen LogP contribution in [-0.4, -0.2) is 60.1 Å². The Hall–Kier alpha value is -5.20. The zero-order chi connectivity index (χ0) is 34.8. The largest absolute Gasteiger partial charge is 0.502 e. The average Bonchev–Trinajstić information content (AvgIpc) is 3.48. The van der Waals surface area contributed by atoms with Crippen molar-refractivity contribution < 1.29 is 43.8 Å². The normalized spacial score (nSPS) is 27.6. The Morgan fingerprint density at radius 1 is 0.837 bits per heavy atom.